The molecule has 0 aliphatic rings. The van der Waals surface area contributed by atoms with Crippen molar-refractivity contribution in [3.05, 3.63) is 95.8 Å². The molecule has 5 nitrogen and oxygen atoms in total. The Morgan fingerprint density at radius 1 is 0.852 bits per heavy atom. The lowest BCUT2D eigenvalue weighted by molar-refractivity contribution is 0.102. The van der Waals surface area contributed by atoms with Crippen molar-refractivity contribution < 1.29 is 17.6 Å². The van der Waals surface area contributed by atoms with Gasteiger partial charge in [0.15, 0.2) is 0 Å². The Bertz CT molecular complexity index is 1040. The summed E-state index contributed by atoms with van der Waals surface area (Å²) in [7, 11) is -3.70. The van der Waals surface area contributed by atoms with E-state index in [1.54, 1.807) is 42.5 Å². The first-order chi connectivity index (χ1) is 12.9. The number of nitrogens with one attached hydrogen (secondary N) is 2. The topological polar surface area (TPSA) is 75.3 Å². The molecule has 0 saturated heterocycles. The summed E-state index contributed by atoms with van der Waals surface area (Å²) in [5.41, 5.74) is 1.38. The molecule has 27 heavy (non-hydrogen) atoms. The van der Waals surface area contributed by atoms with Crippen molar-refractivity contribution in [2.45, 2.75) is 5.75 Å². The van der Waals surface area contributed by atoms with Gasteiger partial charge in [0.25, 0.3) is 5.91 Å². The van der Waals surface area contributed by atoms with Crippen LogP contribution in [0, 0.1) is 5.82 Å². The summed E-state index contributed by atoms with van der Waals surface area (Å²) in [4.78, 5) is 12.5. The summed E-state index contributed by atoms with van der Waals surface area (Å²) < 4.78 is 40.4. The zero-order chi connectivity index (χ0) is 19.3. The van der Waals surface area contributed by atoms with E-state index in [9.17, 15) is 17.6 Å². The van der Waals surface area contributed by atoms with E-state index in [4.69, 9.17) is 0 Å². The molecule has 3 rings (SSSR count). The minimum Gasteiger partial charge on any atom is -0.322 e. The van der Waals surface area contributed by atoms with Gasteiger partial charge in [0.05, 0.1) is 17.0 Å². The van der Waals surface area contributed by atoms with Gasteiger partial charge in [-0.05, 0) is 42.0 Å². The molecule has 0 aliphatic heterocycles. The molecule has 0 saturated carbocycles. The van der Waals surface area contributed by atoms with E-state index >= 15 is 0 Å². The zero-order valence-corrected chi connectivity index (χ0v) is 15.0. The second-order valence-electron chi connectivity index (χ2n) is 5.85. The fourth-order valence-electron chi connectivity index (χ4n) is 2.50. The number of halogens is 1. The van der Waals surface area contributed by atoms with Crippen molar-refractivity contribution in [3.63, 3.8) is 0 Å². The van der Waals surface area contributed by atoms with Crippen LogP contribution in [0.4, 0.5) is 15.8 Å². The first-order valence-electron chi connectivity index (χ1n) is 8.13. The molecule has 2 N–H and O–H groups in total. The molecule has 0 unspecified atom stereocenters. The molecule has 0 bridgehead atoms. The lowest BCUT2D eigenvalue weighted by atomic mass is 10.1. The van der Waals surface area contributed by atoms with Gasteiger partial charge in [0.2, 0.25) is 10.0 Å². The molecule has 0 spiro atoms. The number of sulfonamides is 1. The van der Waals surface area contributed by atoms with Gasteiger partial charge in [0, 0.05) is 5.69 Å². The SMILES string of the molecule is O=C(Nc1ccc(F)cc1)c1ccccc1NS(=O)(=O)Cc1ccccc1. The molecule has 1 amide bonds. The van der Waals surface area contributed by atoms with E-state index in [2.05, 4.69) is 10.0 Å². The van der Waals surface area contributed by atoms with Crippen molar-refractivity contribution in [3.8, 4) is 0 Å². The van der Waals surface area contributed by atoms with Crippen LogP contribution in [0.25, 0.3) is 0 Å². The third-order valence-electron chi connectivity index (χ3n) is 3.74. The molecule has 0 aromatic heterocycles. The van der Waals surface area contributed by atoms with Gasteiger partial charge in [0.1, 0.15) is 5.82 Å². The molecule has 3 aromatic carbocycles. The van der Waals surface area contributed by atoms with Crippen LogP contribution in [-0.4, -0.2) is 14.3 Å². The van der Waals surface area contributed by atoms with Crippen LogP contribution in [0.15, 0.2) is 78.9 Å². The van der Waals surface area contributed by atoms with E-state index in [1.165, 1.54) is 36.4 Å². The average Bonchev–Trinajstić information content (AvgIpc) is 2.64. The van der Waals surface area contributed by atoms with Crippen LogP contribution in [0.1, 0.15) is 15.9 Å². The molecule has 3 aromatic rings. The highest BCUT2D eigenvalue weighted by Gasteiger charge is 2.17. The minimum atomic E-state index is -3.70. The second kappa shape index (κ2) is 8.01. The first kappa shape index (κ1) is 18.6. The van der Waals surface area contributed by atoms with Crippen LogP contribution in [0.3, 0.4) is 0 Å². The number of hydrogen-bond donors (Lipinski definition) is 2. The number of rotatable bonds is 6. The molecular formula is C20H17FN2O3S. The van der Waals surface area contributed by atoms with Crippen molar-refractivity contribution in [1.29, 1.82) is 0 Å². The number of hydrogen-bond acceptors (Lipinski definition) is 3. The number of anilines is 2. The summed E-state index contributed by atoms with van der Waals surface area (Å²) in [6, 6.07) is 20.4. The third kappa shape index (κ3) is 5.15. The van der Waals surface area contributed by atoms with Gasteiger partial charge in [-0.15, -0.1) is 0 Å². The summed E-state index contributed by atoms with van der Waals surface area (Å²) in [6.45, 7) is 0. The zero-order valence-electron chi connectivity index (χ0n) is 14.2. The van der Waals surface area contributed by atoms with Gasteiger partial charge in [-0.25, -0.2) is 12.8 Å². The molecule has 0 radical (unpaired) electrons. The second-order valence-corrected chi connectivity index (χ2v) is 7.58. The average molecular weight is 384 g/mol. The van der Waals surface area contributed by atoms with Crippen LogP contribution >= 0.6 is 0 Å². The van der Waals surface area contributed by atoms with Crippen molar-refractivity contribution in [1.82, 2.24) is 0 Å². The lowest BCUT2D eigenvalue weighted by Gasteiger charge is -2.13. The van der Waals surface area contributed by atoms with Gasteiger partial charge in [-0.1, -0.05) is 42.5 Å². The van der Waals surface area contributed by atoms with Crippen LogP contribution < -0.4 is 10.0 Å². The smallest absolute Gasteiger partial charge is 0.257 e. The standard InChI is InChI=1S/C20H17FN2O3S/c21-16-10-12-17(13-11-16)22-20(24)18-8-4-5-9-19(18)23-27(25,26)14-15-6-2-1-3-7-15/h1-13,23H,14H2,(H,22,24). The predicted molar refractivity (Wildman–Crippen MR) is 103 cm³/mol. The highest BCUT2D eigenvalue weighted by molar-refractivity contribution is 7.91. The Labute approximate surface area is 156 Å². The maximum absolute atomic E-state index is 13.0. The number of amides is 1. The fraction of sp³-hybridized carbons (Fsp3) is 0.0500. The molecule has 0 fully saturated rings. The van der Waals surface area contributed by atoms with Crippen LogP contribution in [-0.2, 0) is 15.8 Å². The normalized spacial score (nSPS) is 11.0. The van der Waals surface area contributed by atoms with E-state index in [-0.39, 0.29) is 17.0 Å². The van der Waals surface area contributed by atoms with E-state index in [0.29, 0.717) is 11.3 Å². The summed E-state index contributed by atoms with van der Waals surface area (Å²) in [5, 5.41) is 2.62. The summed E-state index contributed by atoms with van der Waals surface area (Å²) in [6.07, 6.45) is 0. The Morgan fingerprint density at radius 2 is 1.48 bits per heavy atom. The number of benzene rings is 3. The molecular weight excluding hydrogens is 367 g/mol. The first-order valence-corrected chi connectivity index (χ1v) is 9.78. The molecule has 0 atom stereocenters. The Kier molecular flexibility index (Phi) is 5.52. The molecule has 0 aliphatic carbocycles. The maximum Gasteiger partial charge on any atom is 0.257 e. The monoisotopic (exact) mass is 384 g/mol. The quantitative estimate of drug-likeness (QED) is 0.674. The van der Waals surface area contributed by atoms with E-state index < -0.39 is 21.7 Å². The van der Waals surface area contributed by atoms with Crippen molar-refractivity contribution in [2.75, 3.05) is 10.0 Å². The van der Waals surface area contributed by atoms with Crippen molar-refractivity contribution in [2.24, 2.45) is 0 Å². The summed E-state index contributed by atoms with van der Waals surface area (Å²) >= 11 is 0. The van der Waals surface area contributed by atoms with E-state index in [0.717, 1.165) is 0 Å². The Balaban J connectivity index is 1.79. The molecule has 7 heteroatoms. The number of carbonyl (C=O) groups excluding carboxylic acids is 1. The van der Waals surface area contributed by atoms with Crippen LogP contribution in [0.2, 0.25) is 0 Å². The maximum atomic E-state index is 13.0. The fourth-order valence-corrected chi connectivity index (χ4v) is 3.72. The highest BCUT2D eigenvalue weighted by Crippen LogP contribution is 2.20. The van der Waals surface area contributed by atoms with Gasteiger partial charge >= 0.3 is 0 Å². The third-order valence-corrected chi connectivity index (χ3v) is 4.98. The van der Waals surface area contributed by atoms with Gasteiger partial charge in [-0.3, -0.25) is 9.52 Å². The lowest BCUT2D eigenvalue weighted by Crippen LogP contribution is -2.19. The van der Waals surface area contributed by atoms with Gasteiger partial charge in [-0.2, -0.15) is 0 Å². The molecule has 138 valence electrons. The Hall–Kier alpha value is -3.19. The largest absolute Gasteiger partial charge is 0.322 e. The van der Waals surface area contributed by atoms with E-state index in [1.807, 2.05) is 0 Å². The minimum absolute atomic E-state index is 0.165. The predicted octanol–water partition coefficient (Wildman–Crippen LogP) is 4.02. The van der Waals surface area contributed by atoms with Gasteiger partial charge < -0.3 is 5.32 Å². The Morgan fingerprint density at radius 3 is 2.19 bits per heavy atom. The van der Waals surface area contributed by atoms with Crippen LogP contribution in [0.5, 0.6) is 0 Å². The van der Waals surface area contributed by atoms with Crippen molar-refractivity contribution >= 4 is 27.3 Å². The number of carbonyl (C=O) groups is 1. The molecule has 0 heterocycles. The highest BCUT2D eigenvalue weighted by atomic mass is 32.2. The summed E-state index contributed by atoms with van der Waals surface area (Å²) in [5.74, 6) is -1.12. The number of para-hydroxylation sites is 1.